The smallest absolute Gasteiger partial charge is 0.0303 e. The second-order valence-electron chi connectivity index (χ2n) is 4.40. The lowest BCUT2D eigenvalue weighted by molar-refractivity contribution is 0.700. The van der Waals surface area contributed by atoms with Gasteiger partial charge in [0, 0.05) is 27.7 Å². The summed E-state index contributed by atoms with van der Waals surface area (Å²) in [5.41, 5.74) is 2.75. The normalized spacial score (nSPS) is 10.8. The van der Waals surface area contributed by atoms with Crippen LogP contribution in [0.5, 0.6) is 0 Å². The molecule has 0 fully saturated rings. The van der Waals surface area contributed by atoms with Gasteiger partial charge < -0.3 is 5.32 Å². The molecule has 0 amide bonds. The molecule has 96 valence electrons. The first-order valence-corrected chi connectivity index (χ1v) is 8.12. The second kappa shape index (κ2) is 6.41. The van der Waals surface area contributed by atoms with Gasteiger partial charge in [-0.2, -0.15) is 0 Å². The minimum atomic E-state index is 0.935. The molecule has 0 aliphatic rings. The molecule has 0 saturated heterocycles. The predicted octanol–water partition coefficient (Wildman–Crippen LogP) is 4.38. The average Bonchev–Trinajstić information content (AvgIpc) is 2.69. The van der Waals surface area contributed by atoms with Crippen molar-refractivity contribution in [3.8, 4) is 0 Å². The maximum Gasteiger partial charge on any atom is 0.0303 e. The molecule has 18 heavy (non-hydrogen) atoms. The number of benzene rings is 1. The molecule has 0 spiro atoms. The summed E-state index contributed by atoms with van der Waals surface area (Å²) in [5, 5.41) is 3.50. The van der Waals surface area contributed by atoms with Crippen LogP contribution >= 0.6 is 23.1 Å². The fraction of sp³-hybridized carbons (Fsp3) is 0.333. The topological polar surface area (TPSA) is 12.0 Å². The number of nitrogens with one attached hydrogen (secondary N) is 1. The lowest BCUT2D eigenvalue weighted by Gasteiger charge is -2.04. The molecule has 1 aromatic heterocycles. The predicted molar refractivity (Wildman–Crippen MR) is 82.6 cm³/mol. The van der Waals surface area contributed by atoms with E-state index in [1.54, 1.807) is 11.8 Å². The molecule has 0 saturated carbocycles. The van der Waals surface area contributed by atoms with Crippen LogP contribution < -0.4 is 5.32 Å². The minimum Gasteiger partial charge on any atom is -0.308 e. The Morgan fingerprint density at radius 3 is 2.39 bits per heavy atom. The first kappa shape index (κ1) is 13.7. The average molecular weight is 277 g/mol. The van der Waals surface area contributed by atoms with E-state index < -0.39 is 0 Å². The van der Waals surface area contributed by atoms with E-state index in [1.165, 1.54) is 25.8 Å². The van der Waals surface area contributed by atoms with Crippen LogP contribution in [-0.2, 0) is 13.1 Å². The Morgan fingerprint density at radius 2 is 1.83 bits per heavy atom. The van der Waals surface area contributed by atoms with Crippen LogP contribution in [0.1, 0.15) is 20.9 Å². The van der Waals surface area contributed by atoms with Crippen LogP contribution in [0.15, 0.2) is 35.2 Å². The van der Waals surface area contributed by atoms with E-state index >= 15 is 0 Å². The SMILES string of the molecule is CSc1ccc(CNCc2cc(C)c(C)s2)cc1. The van der Waals surface area contributed by atoms with Crippen molar-refractivity contribution in [3.05, 3.63) is 51.2 Å². The third-order valence-electron chi connectivity index (χ3n) is 3.00. The Balaban J connectivity index is 1.84. The van der Waals surface area contributed by atoms with Gasteiger partial charge in [-0.3, -0.25) is 0 Å². The molecule has 0 unspecified atom stereocenters. The Morgan fingerprint density at radius 1 is 1.11 bits per heavy atom. The summed E-state index contributed by atoms with van der Waals surface area (Å²) in [5.74, 6) is 0. The van der Waals surface area contributed by atoms with Gasteiger partial charge >= 0.3 is 0 Å². The third-order valence-corrected chi connectivity index (χ3v) is 4.90. The van der Waals surface area contributed by atoms with Crippen molar-refractivity contribution in [2.45, 2.75) is 31.8 Å². The summed E-state index contributed by atoms with van der Waals surface area (Å²) in [7, 11) is 0. The standard InChI is InChI=1S/C15H19NS2/c1-11-8-15(18-12(11)2)10-16-9-13-4-6-14(17-3)7-5-13/h4-8,16H,9-10H2,1-3H3. The third kappa shape index (κ3) is 3.61. The second-order valence-corrected chi connectivity index (χ2v) is 6.62. The lowest BCUT2D eigenvalue weighted by atomic mass is 10.2. The molecular weight excluding hydrogens is 258 g/mol. The Kier molecular flexibility index (Phi) is 4.87. The number of thioether (sulfide) groups is 1. The zero-order valence-electron chi connectivity index (χ0n) is 11.1. The monoisotopic (exact) mass is 277 g/mol. The molecule has 2 rings (SSSR count). The van der Waals surface area contributed by atoms with E-state index in [0.29, 0.717) is 0 Å². The minimum absolute atomic E-state index is 0.935. The highest BCUT2D eigenvalue weighted by molar-refractivity contribution is 7.98. The lowest BCUT2D eigenvalue weighted by Crippen LogP contribution is -2.11. The fourth-order valence-electron chi connectivity index (χ4n) is 1.81. The Hall–Kier alpha value is -0.770. The summed E-state index contributed by atoms with van der Waals surface area (Å²) in [6.07, 6.45) is 2.11. The summed E-state index contributed by atoms with van der Waals surface area (Å²) in [6.45, 7) is 6.26. The van der Waals surface area contributed by atoms with Crippen molar-refractivity contribution in [3.63, 3.8) is 0 Å². The highest BCUT2D eigenvalue weighted by Gasteiger charge is 2.01. The fourth-order valence-corrected chi connectivity index (χ4v) is 3.24. The molecule has 0 aliphatic carbocycles. The van der Waals surface area contributed by atoms with Gasteiger partial charge in [-0.15, -0.1) is 23.1 Å². The van der Waals surface area contributed by atoms with Crippen LogP contribution in [0.2, 0.25) is 0 Å². The van der Waals surface area contributed by atoms with Gasteiger partial charge in [-0.25, -0.2) is 0 Å². The first-order valence-electron chi connectivity index (χ1n) is 6.08. The van der Waals surface area contributed by atoms with Crippen molar-refractivity contribution in [1.29, 1.82) is 0 Å². The molecule has 0 aliphatic heterocycles. The maximum absolute atomic E-state index is 3.50. The van der Waals surface area contributed by atoms with Gasteiger partial charge in [0.1, 0.15) is 0 Å². The van der Waals surface area contributed by atoms with Gasteiger partial charge in [0.2, 0.25) is 0 Å². The van der Waals surface area contributed by atoms with Crippen molar-refractivity contribution < 1.29 is 0 Å². The molecule has 0 radical (unpaired) electrons. The van der Waals surface area contributed by atoms with Crippen LogP contribution in [-0.4, -0.2) is 6.26 Å². The zero-order valence-corrected chi connectivity index (χ0v) is 12.8. The van der Waals surface area contributed by atoms with E-state index in [4.69, 9.17) is 0 Å². The number of aryl methyl sites for hydroxylation is 2. The zero-order chi connectivity index (χ0) is 13.0. The molecule has 1 N–H and O–H groups in total. The van der Waals surface area contributed by atoms with E-state index in [-0.39, 0.29) is 0 Å². The van der Waals surface area contributed by atoms with E-state index in [2.05, 4.69) is 55.8 Å². The van der Waals surface area contributed by atoms with Crippen LogP contribution in [0.25, 0.3) is 0 Å². The number of hydrogen-bond donors (Lipinski definition) is 1. The Labute approximate surface area is 118 Å². The highest BCUT2D eigenvalue weighted by Crippen LogP contribution is 2.20. The molecule has 0 bridgehead atoms. The highest BCUT2D eigenvalue weighted by atomic mass is 32.2. The number of hydrogen-bond acceptors (Lipinski definition) is 3. The van der Waals surface area contributed by atoms with Crippen molar-refractivity contribution in [2.75, 3.05) is 6.26 Å². The van der Waals surface area contributed by atoms with Gasteiger partial charge in [-0.1, -0.05) is 12.1 Å². The molecular formula is C15H19NS2. The van der Waals surface area contributed by atoms with Gasteiger partial charge in [0.15, 0.2) is 0 Å². The van der Waals surface area contributed by atoms with E-state index in [1.807, 2.05) is 11.3 Å². The quantitative estimate of drug-likeness (QED) is 0.814. The van der Waals surface area contributed by atoms with Crippen LogP contribution in [0.3, 0.4) is 0 Å². The molecule has 1 heterocycles. The summed E-state index contributed by atoms with van der Waals surface area (Å²) >= 11 is 3.67. The molecule has 3 heteroatoms. The van der Waals surface area contributed by atoms with Crippen molar-refractivity contribution in [2.24, 2.45) is 0 Å². The van der Waals surface area contributed by atoms with Crippen LogP contribution in [0, 0.1) is 13.8 Å². The van der Waals surface area contributed by atoms with Gasteiger partial charge in [0.25, 0.3) is 0 Å². The molecule has 2 aromatic rings. The van der Waals surface area contributed by atoms with E-state index in [9.17, 15) is 0 Å². The largest absolute Gasteiger partial charge is 0.308 e. The molecule has 1 aromatic carbocycles. The van der Waals surface area contributed by atoms with Crippen LogP contribution in [0.4, 0.5) is 0 Å². The summed E-state index contributed by atoms with van der Waals surface area (Å²) < 4.78 is 0. The van der Waals surface area contributed by atoms with Gasteiger partial charge in [-0.05, 0) is 49.4 Å². The maximum atomic E-state index is 3.50. The van der Waals surface area contributed by atoms with Crippen molar-refractivity contribution >= 4 is 23.1 Å². The first-order chi connectivity index (χ1) is 8.69. The Bertz CT molecular complexity index is 480. The molecule has 0 atom stereocenters. The summed E-state index contributed by atoms with van der Waals surface area (Å²) in [4.78, 5) is 4.17. The van der Waals surface area contributed by atoms with Gasteiger partial charge in [0.05, 0.1) is 0 Å². The molecule has 1 nitrogen and oxygen atoms in total. The number of rotatable bonds is 5. The van der Waals surface area contributed by atoms with E-state index in [0.717, 1.165) is 13.1 Å². The summed E-state index contributed by atoms with van der Waals surface area (Å²) in [6, 6.07) is 11.0. The number of thiophene rings is 1. The van der Waals surface area contributed by atoms with Crippen molar-refractivity contribution in [1.82, 2.24) is 5.32 Å².